The van der Waals surface area contributed by atoms with Gasteiger partial charge < -0.3 is 10.1 Å². The van der Waals surface area contributed by atoms with Crippen LogP contribution in [-0.2, 0) is 4.74 Å². The highest BCUT2D eigenvalue weighted by Crippen LogP contribution is 2.34. The van der Waals surface area contributed by atoms with E-state index in [1.165, 1.54) is 6.42 Å². The minimum absolute atomic E-state index is 0.0316. The largest absolute Gasteiger partial charge is 0.376 e. The number of ether oxygens (including phenoxy) is 1. The molecule has 0 saturated heterocycles. The number of hydrogen-bond acceptors (Lipinski definition) is 6. The Morgan fingerprint density at radius 1 is 1.47 bits per heavy atom. The Morgan fingerprint density at radius 3 is 3.06 bits per heavy atom. The monoisotopic (exact) mass is 234 g/mol. The summed E-state index contributed by atoms with van der Waals surface area (Å²) >= 11 is 0. The van der Waals surface area contributed by atoms with Crippen LogP contribution in [0.15, 0.2) is 12.4 Å². The summed E-state index contributed by atoms with van der Waals surface area (Å²) in [5.74, 6) is 0.788. The average molecular weight is 234 g/mol. The van der Waals surface area contributed by atoms with Crippen LogP contribution in [0.25, 0.3) is 5.65 Å². The number of anilines is 1. The molecule has 0 spiro atoms. The Bertz CT molecular complexity index is 515. The first-order valence-electron chi connectivity index (χ1n) is 5.64. The van der Waals surface area contributed by atoms with Crippen LogP contribution in [-0.4, -0.2) is 44.3 Å². The third kappa shape index (κ3) is 1.72. The summed E-state index contributed by atoms with van der Waals surface area (Å²) in [6.07, 6.45) is 6.75. The molecule has 0 amide bonds. The SMILES string of the molecule is COC1(CNc2cncc3nnnn23)CCC1. The van der Waals surface area contributed by atoms with E-state index >= 15 is 0 Å². The standard InChI is InChI=1S/C10H14N6O/c1-17-10(3-2-4-10)7-12-8-5-11-6-9-13-14-15-16(8)9/h5-6,12H,2-4,7H2,1H3. The van der Waals surface area contributed by atoms with Crippen LogP contribution in [0.1, 0.15) is 19.3 Å². The van der Waals surface area contributed by atoms with Crippen LogP contribution in [0.4, 0.5) is 5.82 Å². The Labute approximate surface area is 98.2 Å². The lowest BCUT2D eigenvalue weighted by Crippen LogP contribution is -2.45. The van der Waals surface area contributed by atoms with Crippen molar-refractivity contribution in [3.05, 3.63) is 12.4 Å². The molecule has 7 nitrogen and oxygen atoms in total. The van der Waals surface area contributed by atoms with Gasteiger partial charge in [0.15, 0.2) is 11.5 Å². The third-order valence-electron chi connectivity index (χ3n) is 3.40. The Kier molecular flexibility index (Phi) is 2.40. The molecular formula is C10H14N6O. The normalized spacial score (nSPS) is 17.9. The first kappa shape index (κ1) is 10.4. The van der Waals surface area contributed by atoms with Gasteiger partial charge in [-0.2, -0.15) is 4.52 Å². The van der Waals surface area contributed by atoms with Gasteiger partial charge in [0.25, 0.3) is 0 Å². The number of aromatic nitrogens is 5. The van der Waals surface area contributed by atoms with Crippen LogP contribution < -0.4 is 5.32 Å². The highest BCUT2D eigenvalue weighted by atomic mass is 16.5. The Balaban J connectivity index is 1.78. The van der Waals surface area contributed by atoms with Crippen LogP contribution in [0.2, 0.25) is 0 Å². The molecule has 0 bridgehead atoms. The maximum absolute atomic E-state index is 5.55. The number of nitrogens with zero attached hydrogens (tertiary/aromatic N) is 5. The molecule has 0 radical (unpaired) electrons. The molecular weight excluding hydrogens is 220 g/mol. The summed E-state index contributed by atoms with van der Waals surface area (Å²) in [5.41, 5.74) is 0.603. The summed E-state index contributed by atoms with van der Waals surface area (Å²) in [6.45, 7) is 0.754. The van der Waals surface area contributed by atoms with Crippen LogP contribution in [0, 0.1) is 0 Å². The van der Waals surface area contributed by atoms with Crippen molar-refractivity contribution in [1.82, 2.24) is 25.0 Å². The van der Waals surface area contributed by atoms with Crippen molar-refractivity contribution in [2.24, 2.45) is 0 Å². The van der Waals surface area contributed by atoms with Gasteiger partial charge in [-0.25, -0.2) is 0 Å². The molecule has 1 saturated carbocycles. The second-order valence-electron chi connectivity index (χ2n) is 4.34. The van der Waals surface area contributed by atoms with Gasteiger partial charge >= 0.3 is 0 Å². The van der Waals surface area contributed by atoms with Crippen molar-refractivity contribution in [2.45, 2.75) is 24.9 Å². The van der Waals surface area contributed by atoms with Gasteiger partial charge in [0, 0.05) is 13.7 Å². The molecule has 1 aliphatic rings. The molecule has 17 heavy (non-hydrogen) atoms. The zero-order valence-electron chi connectivity index (χ0n) is 9.63. The van der Waals surface area contributed by atoms with Gasteiger partial charge in [0.1, 0.15) is 0 Å². The van der Waals surface area contributed by atoms with Crippen molar-refractivity contribution < 1.29 is 4.74 Å². The maximum atomic E-state index is 5.55. The van der Waals surface area contributed by atoms with E-state index in [1.807, 2.05) is 0 Å². The minimum atomic E-state index is -0.0316. The van der Waals surface area contributed by atoms with Crippen LogP contribution in [0.5, 0.6) is 0 Å². The van der Waals surface area contributed by atoms with E-state index in [0.717, 1.165) is 25.2 Å². The van der Waals surface area contributed by atoms with Gasteiger partial charge in [-0.05, 0) is 29.7 Å². The number of tetrazole rings is 1. The molecule has 0 aromatic carbocycles. The van der Waals surface area contributed by atoms with Crippen molar-refractivity contribution >= 4 is 11.5 Å². The maximum Gasteiger partial charge on any atom is 0.199 e. The fourth-order valence-electron chi connectivity index (χ4n) is 2.07. The lowest BCUT2D eigenvalue weighted by Gasteiger charge is -2.40. The average Bonchev–Trinajstić information content (AvgIpc) is 2.77. The molecule has 7 heteroatoms. The molecule has 2 heterocycles. The van der Waals surface area contributed by atoms with Crippen molar-refractivity contribution in [3.8, 4) is 0 Å². The summed E-state index contributed by atoms with van der Waals surface area (Å²) in [5, 5.41) is 14.7. The summed E-state index contributed by atoms with van der Waals surface area (Å²) in [4.78, 5) is 4.09. The lowest BCUT2D eigenvalue weighted by molar-refractivity contribution is -0.0602. The highest BCUT2D eigenvalue weighted by molar-refractivity contribution is 5.43. The first-order chi connectivity index (χ1) is 8.33. The van der Waals surface area contributed by atoms with Crippen LogP contribution >= 0.6 is 0 Å². The summed E-state index contributed by atoms with van der Waals surface area (Å²) < 4.78 is 7.18. The molecule has 3 rings (SSSR count). The predicted octanol–water partition coefficient (Wildman–Crippen LogP) is 0.500. The number of rotatable bonds is 4. The summed E-state index contributed by atoms with van der Waals surface area (Å²) in [6, 6.07) is 0. The van der Waals surface area contributed by atoms with Gasteiger partial charge in [0.2, 0.25) is 0 Å². The smallest absolute Gasteiger partial charge is 0.199 e. The second kappa shape index (κ2) is 3.92. The first-order valence-corrected chi connectivity index (χ1v) is 5.64. The molecule has 1 fully saturated rings. The molecule has 2 aromatic rings. The number of hydrogen-bond donors (Lipinski definition) is 1. The number of fused-ring (bicyclic) bond motifs is 1. The Hall–Kier alpha value is -1.76. The van der Waals surface area contributed by atoms with Gasteiger partial charge in [-0.3, -0.25) is 4.98 Å². The lowest BCUT2D eigenvalue weighted by atomic mass is 9.80. The van der Waals surface area contributed by atoms with Gasteiger partial charge in [-0.15, -0.1) is 5.10 Å². The zero-order valence-corrected chi connectivity index (χ0v) is 9.63. The van der Waals surface area contributed by atoms with E-state index in [2.05, 4.69) is 25.8 Å². The molecule has 90 valence electrons. The van der Waals surface area contributed by atoms with E-state index in [9.17, 15) is 0 Å². The van der Waals surface area contributed by atoms with E-state index in [4.69, 9.17) is 4.74 Å². The molecule has 0 atom stereocenters. The molecule has 0 unspecified atom stereocenters. The highest BCUT2D eigenvalue weighted by Gasteiger charge is 2.36. The fourth-order valence-corrected chi connectivity index (χ4v) is 2.07. The Morgan fingerprint density at radius 2 is 2.35 bits per heavy atom. The number of methoxy groups -OCH3 is 1. The summed E-state index contributed by atoms with van der Waals surface area (Å²) in [7, 11) is 1.76. The van der Waals surface area contributed by atoms with Crippen molar-refractivity contribution in [3.63, 3.8) is 0 Å². The van der Waals surface area contributed by atoms with E-state index in [-0.39, 0.29) is 5.60 Å². The van der Waals surface area contributed by atoms with Gasteiger partial charge in [0.05, 0.1) is 18.0 Å². The molecule has 0 aliphatic heterocycles. The van der Waals surface area contributed by atoms with E-state index in [0.29, 0.717) is 5.65 Å². The second-order valence-corrected chi connectivity index (χ2v) is 4.34. The van der Waals surface area contributed by atoms with Crippen molar-refractivity contribution in [2.75, 3.05) is 19.0 Å². The quantitative estimate of drug-likeness (QED) is 0.830. The van der Waals surface area contributed by atoms with Crippen molar-refractivity contribution in [1.29, 1.82) is 0 Å². The molecule has 2 aromatic heterocycles. The molecule has 1 N–H and O–H groups in total. The zero-order chi connectivity index (χ0) is 11.7. The minimum Gasteiger partial charge on any atom is -0.376 e. The fraction of sp³-hybridized carbons (Fsp3) is 0.600. The number of nitrogens with one attached hydrogen (secondary N) is 1. The molecule has 1 aliphatic carbocycles. The predicted molar refractivity (Wildman–Crippen MR) is 60.7 cm³/mol. The topological polar surface area (TPSA) is 77.2 Å². The van der Waals surface area contributed by atoms with E-state index < -0.39 is 0 Å². The van der Waals surface area contributed by atoms with Gasteiger partial charge in [-0.1, -0.05) is 0 Å². The van der Waals surface area contributed by atoms with Crippen LogP contribution in [0.3, 0.4) is 0 Å². The van der Waals surface area contributed by atoms with E-state index in [1.54, 1.807) is 24.0 Å². The third-order valence-corrected chi connectivity index (χ3v) is 3.40.